The lowest BCUT2D eigenvalue weighted by molar-refractivity contribution is -0.144. The van der Waals surface area contributed by atoms with Crippen LogP contribution in [0.1, 0.15) is 25.7 Å². The van der Waals surface area contributed by atoms with E-state index in [-0.39, 0.29) is 6.04 Å². The Kier molecular flexibility index (Phi) is 4.38. The molecule has 0 aromatic rings. The average Bonchev–Trinajstić information content (AvgIpc) is 2.15. The number of hydrogen-bond donors (Lipinski definition) is 2. The molecule has 0 bridgehead atoms. The normalized spacial score (nSPS) is 22.5. The van der Waals surface area contributed by atoms with Gasteiger partial charge in [0, 0.05) is 19.0 Å². The van der Waals surface area contributed by atoms with Crippen LogP contribution in [0.4, 0.5) is 13.2 Å². The first kappa shape index (κ1) is 12.3. The molecule has 1 heterocycles. The van der Waals surface area contributed by atoms with Crippen molar-refractivity contribution < 1.29 is 18.0 Å². The van der Waals surface area contributed by atoms with Gasteiger partial charge in [0.2, 0.25) is 5.91 Å². The minimum Gasteiger partial charge on any atom is -0.352 e. The fourth-order valence-corrected chi connectivity index (χ4v) is 1.53. The summed E-state index contributed by atoms with van der Waals surface area (Å²) >= 11 is 0. The van der Waals surface area contributed by atoms with Crippen LogP contribution in [0.2, 0.25) is 0 Å². The van der Waals surface area contributed by atoms with Crippen molar-refractivity contribution in [2.24, 2.45) is 0 Å². The van der Waals surface area contributed by atoms with Crippen LogP contribution in [0, 0.1) is 0 Å². The fraction of sp³-hybridized carbons (Fsp3) is 0.889. The number of carbonyl (C=O) groups is 1. The molecule has 0 saturated carbocycles. The third kappa shape index (κ3) is 5.61. The van der Waals surface area contributed by atoms with Crippen LogP contribution >= 0.6 is 0 Å². The number of amides is 1. The molecule has 3 nitrogen and oxygen atoms in total. The van der Waals surface area contributed by atoms with Gasteiger partial charge < -0.3 is 10.6 Å². The van der Waals surface area contributed by atoms with E-state index in [4.69, 9.17) is 0 Å². The molecule has 88 valence electrons. The standard InChI is InChI=1S/C9H15F3N2O/c10-9(11,12)4-3-8(15)14-7-2-1-5-13-6-7/h7,13H,1-6H2,(H,14,15)/t7-/m1/s1. The van der Waals surface area contributed by atoms with Crippen LogP contribution < -0.4 is 10.6 Å². The maximum Gasteiger partial charge on any atom is 0.389 e. The molecular weight excluding hydrogens is 209 g/mol. The molecule has 0 aromatic carbocycles. The summed E-state index contributed by atoms with van der Waals surface area (Å²) in [7, 11) is 0. The highest BCUT2D eigenvalue weighted by Gasteiger charge is 2.28. The van der Waals surface area contributed by atoms with Gasteiger partial charge in [0.25, 0.3) is 0 Å². The number of halogens is 3. The molecule has 1 aliphatic rings. The maximum absolute atomic E-state index is 11.8. The summed E-state index contributed by atoms with van der Waals surface area (Å²) < 4.78 is 35.4. The molecule has 1 saturated heterocycles. The van der Waals surface area contributed by atoms with Crippen LogP contribution in [0.3, 0.4) is 0 Å². The Morgan fingerprint density at radius 3 is 2.73 bits per heavy atom. The van der Waals surface area contributed by atoms with Gasteiger partial charge in [-0.1, -0.05) is 0 Å². The summed E-state index contributed by atoms with van der Waals surface area (Å²) in [6.45, 7) is 1.56. The van der Waals surface area contributed by atoms with Gasteiger partial charge >= 0.3 is 6.18 Å². The van der Waals surface area contributed by atoms with Gasteiger partial charge in [0.05, 0.1) is 6.42 Å². The lowest BCUT2D eigenvalue weighted by Gasteiger charge is -2.23. The lowest BCUT2D eigenvalue weighted by Crippen LogP contribution is -2.45. The summed E-state index contributed by atoms with van der Waals surface area (Å²) in [6, 6.07) is -0.0144. The molecule has 1 atom stereocenters. The van der Waals surface area contributed by atoms with Crippen molar-refractivity contribution in [3.8, 4) is 0 Å². The van der Waals surface area contributed by atoms with Gasteiger partial charge in [-0.3, -0.25) is 4.79 Å². The van der Waals surface area contributed by atoms with Crippen molar-refractivity contribution in [3.05, 3.63) is 0 Å². The molecule has 1 rings (SSSR count). The smallest absolute Gasteiger partial charge is 0.352 e. The predicted octanol–water partition coefficient (Wildman–Crippen LogP) is 1.20. The van der Waals surface area contributed by atoms with Gasteiger partial charge in [0.1, 0.15) is 0 Å². The van der Waals surface area contributed by atoms with Crippen LogP contribution in [0.25, 0.3) is 0 Å². The van der Waals surface area contributed by atoms with Crippen molar-refractivity contribution >= 4 is 5.91 Å². The van der Waals surface area contributed by atoms with Crippen LogP contribution in [0.5, 0.6) is 0 Å². The molecule has 2 N–H and O–H groups in total. The van der Waals surface area contributed by atoms with E-state index < -0.39 is 24.9 Å². The third-order valence-electron chi connectivity index (χ3n) is 2.30. The lowest BCUT2D eigenvalue weighted by atomic mass is 10.1. The Hall–Kier alpha value is -0.780. The molecule has 0 aromatic heterocycles. The van der Waals surface area contributed by atoms with Gasteiger partial charge in [0.15, 0.2) is 0 Å². The van der Waals surface area contributed by atoms with E-state index in [0.29, 0.717) is 6.54 Å². The number of nitrogens with one attached hydrogen (secondary N) is 2. The predicted molar refractivity (Wildman–Crippen MR) is 49.3 cm³/mol. The molecule has 1 aliphatic heterocycles. The van der Waals surface area contributed by atoms with Gasteiger partial charge in [-0.05, 0) is 19.4 Å². The van der Waals surface area contributed by atoms with Crippen molar-refractivity contribution in [1.29, 1.82) is 0 Å². The first-order valence-electron chi connectivity index (χ1n) is 5.04. The largest absolute Gasteiger partial charge is 0.389 e. The second kappa shape index (κ2) is 5.34. The second-order valence-corrected chi connectivity index (χ2v) is 3.73. The quantitative estimate of drug-likeness (QED) is 0.756. The molecule has 15 heavy (non-hydrogen) atoms. The highest BCUT2D eigenvalue weighted by Crippen LogP contribution is 2.21. The van der Waals surface area contributed by atoms with Crippen molar-refractivity contribution in [2.45, 2.75) is 37.9 Å². The Balaban J connectivity index is 2.17. The van der Waals surface area contributed by atoms with E-state index in [1.165, 1.54) is 0 Å². The zero-order chi connectivity index (χ0) is 11.3. The first-order valence-corrected chi connectivity index (χ1v) is 5.04. The molecule has 1 amide bonds. The summed E-state index contributed by atoms with van der Waals surface area (Å²) in [6.07, 6.45) is -3.98. The minimum absolute atomic E-state index is 0.0144. The average molecular weight is 224 g/mol. The van der Waals surface area contributed by atoms with E-state index in [0.717, 1.165) is 19.4 Å². The Morgan fingerprint density at radius 1 is 1.47 bits per heavy atom. The SMILES string of the molecule is O=C(CCC(F)(F)F)N[C@@H]1CCCNC1. The molecule has 0 radical (unpaired) electrons. The zero-order valence-corrected chi connectivity index (χ0v) is 8.36. The summed E-state index contributed by atoms with van der Waals surface area (Å²) in [5.41, 5.74) is 0. The van der Waals surface area contributed by atoms with E-state index in [2.05, 4.69) is 10.6 Å². The molecule has 0 aliphatic carbocycles. The van der Waals surface area contributed by atoms with E-state index >= 15 is 0 Å². The molecule has 0 unspecified atom stereocenters. The van der Waals surface area contributed by atoms with Crippen LogP contribution in [-0.4, -0.2) is 31.2 Å². The topological polar surface area (TPSA) is 41.1 Å². The number of piperidine rings is 1. The Bertz CT molecular complexity index is 212. The summed E-state index contributed by atoms with van der Waals surface area (Å²) in [5, 5.41) is 5.67. The van der Waals surface area contributed by atoms with Crippen molar-refractivity contribution in [2.75, 3.05) is 13.1 Å². The summed E-state index contributed by atoms with van der Waals surface area (Å²) in [4.78, 5) is 11.1. The van der Waals surface area contributed by atoms with Crippen molar-refractivity contribution in [1.82, 2.24) is 10.6 Å². The number of hydrogen-bond acceptors (Lipinski definition) is 2. The number of rotatable bonds is 3. The molecule has 1 fully saturated rings. The van der Waals surface area contributed by atoms with E-state index in [1.807, 2.05) is 0 Å². The van der Waals surface area contributed by atoms with Crippen LogP contribution in [-0.2, 0) is 4.79 Å². The monoisotopic (exact) mass is 224 g/mol. The highest BCUT2D eigenvalue weighted by molar-refractivity contribution is 5.76. The number of alkyl halides is 3. The Labute approximate surface area is 86.4 Å². The van der Waals surface area contributed by atoms with Gasteiger partial charge in [-0.15, -0.1) is 0 Å². The summed E-state index contributed by atoms with van der Waals surface area (Å²) in [5.74, 6) is -0.513. The second-order valence-electron chi connectivity index (χ2n) is 3.73. The zero-order valence-electron chi connectivity index (χ0n) is 8.36. The molecular formula is C9H15F3N2O. The van der Waals surface area contributed by atoms with Crippen molar-refractivity contribution in [3.63, 3.8) is 0 Å². The highest BCUT2D eigenvalue weighted by atomic mass is 19.4. The minimum atomic E-state index is -4.25. The molecule has 6 heteroatoms. The fourth-order valence-electron chi connectivity index (χ4n) is 1.53. The third-order valence-corrected chi connectivity index (χ3v) is 2.30. The maximum atomic E-state index is 11.8. The van der Waals surface area contributed by atoms with E-state index in [9.17, 15) is 18.0 Å². The van der Waals surface area contributed by atoms with Crippen LogP contribution in [0.15, 0.2) is 0 Å². The van der Waals surface area contributed by atoms with E-state index in [1.54, 1.807) is 0 Å². The Morgan fingerprint density at radius 2 is 2.20 bits per heavy atom. The number of carbonyl (C=O) groups excluding carboxylic acids is 1. The molecule has 0 spiro atoms. The first-order chi connectivity index (χ1) is 6.97. The van der Waals surface area contributed by atoms with Gasteiger partial charge in [-0.2, -0.15) is 13.2 Å². The van der Waals surface area contributed by atoms with Gasteiger partial charge in [-0.25, -0.2) is 0 Å².